The second kappa shape index (κ2) is 7.67. The Balaban J connectivity index is 1.87. The average Bonchev–Trinajstić information content (AvgIpc) is 3.07. The Morgan fingerprint density at radius 3 is 2.67 bits per heavy atom. The van der Waals surface area contributed by atoms with Crippen molar-refractivity contribution >= 4 is 29.4 Å². The maximum absolute atomic E-state index is 13.1. The van der Waals surface area contributed by atoms with E-state index in [1.54, 1.807) is 30.3 Å². The van der Waals surface area contributed by atoms with Gasteiger partial charge in [-0.25, -0.2) is 0 Å². The van der Waals surface area contributed by atoms with Gasteiger partial charge in [0.2, 0.25) is 0 Å². The van der Waals surface area contributed by atoms with Gasteiger partial charge in [0.1, 0.15) is 17.6 Å². The van der Waals surface area contributed by atoms with Crippen LogP contribution in [0, 0.1) is 0 Å². The second-order valence-electron chi connectivity index (χ2n) is 7.24. The van der Waals surface area contributed by atoms with E-state index in [0.29, 0.717) is 28.4 Å². The molecule has 0 aromatic heterocycles. The fourth-order valence-corrected chi connectivity index (χ4v) is 3.82. The molecule has 0 N–H and O–H groups in total. The predicted molar refractivity (Wildman–Crippen MR) is 107 cm³/mol. The van der Waals surface area contributed by atoms with Gasteiger partial charge in [-0.3, -0.25) is 14.5 Å². The summed E-state index contributed by atoms with van der Waals surface area (Å²) in [5.41, 5.74) is 2.55. The van der Waals surface area contributed by atoms with E-state index in [2.05, 4.69) is 0 Å². The number of carbonyl (C=O) groups excluding carboxylic acids is 3. The molecule has 1 atom stereocenters. The molecule has 2 aliphatic heterocycles. The minimum atomic E-state index is -1.51. The lowest BCUT2D eigenvalue weighted by Crippen LogP contribution is -2.47. The summed E-state index contributed by atoms with van der Waals surface area (Å²) in [7, 11) is 0. The van der Waals surface area contributed by atoms with E-state index in [4.69, 9.17) is 9.47 Å². The molecule has 0 unspecified atom stereocenters. The van der Waals surface area contributed by atoms with Gasteiger partial charge in [-0.05, 0) is 43.7 Å². The number of nitrogens with zero attached hydrogens (tertiary/aromatic N) is 1. The molecule has 4 rings (SSSR count). The van der Waals surface area contributed by atoms with Gasteiger partial charge < -0.3 is 19.4 Å². The van der Waals surface area contributed by atoms with Crippen LogP contribution in [0.3, 0.4) is 0 Å². The number of imide groups is 1. The van der Waals surface area contributed by atoms with Crippen molar-refractivity contribution in [2.75, 3.05) is 13.2 Å². The lowest BCUT2D eigenvalue weighted by Gasteiger charge is -2.29. The molecule has 0 radical (unpaired) electrons. The van der Waals surface area contributed by atoms with E-state index in [0.717, 1.165) is 17.7 Å². The minimum absolute atomic E-state index is 0.0468. The maximum atomic E-state index is 13.1. The molecule has 0 bridgehead atoms. The Hall–Kier alpha value is -3.61. The molecule has 0 spiro atoms. The van der Waals surface area contributed by atoms with E-state index >= 15 is 0 Å². The topological polar surface area (TPSA) is 96.0 Å². The number of rotatable bonds is 5. The van der Waals surface area contributed by atoms with E-state index in [1.165, 1.54) is 0 Å². The third-order valence-electron chi connectivity index (χ3n) is 5.08. The molecule has 2 aromatic rings. The van der Waals surface area contributed by atoms with Gasteiger partial charge in [0.05, 0.1) is 19.1 Å². The highest BCUT2D eigenvalue weighted by atomic mass is 16.5. The van der Waals surface area contributed by atoms with Crippen molar-refractivity contribution in [1.29, 1.82) is 0 Å². The number of amides is 2. The van der Waals surface area contributed by atoms with Crippen LogP contribution in [0.1, 0.15) is 40.9 Å². The zero-order chi connectivity index (χ0) is 21.4. The van der Waals surface area contributed by atoms with Gasteiger partial charge in [0, 0.05) is 28.7 Å². The first-order valence-electron chi connectivity index (χ1n) is 9.72. The molecule has 30 heavy (non-hydrogen) atoms. The first-order valence-corrected chi connectivity index (χ1v) is 9.72. The van der Waals surface area contributed by atoms with Crippen LogP contribution in [0.25, 0.3) is 11.6 Å². The summed E-state index contributed by atoms with van der Waals surface area (Å²) in [6, 6.07) is 10.3. The highest BCUT2D eigenvalue weighted by molar-refractivity contribution is 6.34. The lowest BCUT2D eigenvalue weighted by atomic mass is 9.91. The standard InChI is InChI=1S/C23H21NO6/c1-3-29-19-10-14-8-13(2)30-20(14)11-15(19)9-18-16-6-4-5-7-17(16)22(27)24(23(18)28)12-21(25)26/h4-7,9-11,13H,3,8,12H2,1-2H3,(H,25,26)/p-1/b18-9-/t13-/m0/s1. The lowest BCUT2D eigenvalue weighted by molar-refractivity contribution is -0.305. The summed E-state index contributed by atoms with van der Waals surface area (Å²) < 4.78 is 11.6. The zero-order valence-electron chi connectivity index (χ0n) is 16.6. The monoisotopic (exact) mass is 406 g/mol. The molecular formula is C23H20NO6-. The first kappa shape index (κ1) is 19.7. The Kier molecular flexibility index (Phi) is 5.03. The van der Waals surface area contributed by atoms with Crippen LogP contribution in [-0.4, -0.2) is 41.9 Å². The highest BCUT2D eigenvalue weighted by Gasteiger charge is 2.35. The molecular weight excluding hydrogens is 386 g/mol. The second-order valence-corrected chi connectivity index (χ2v) is 7.24. The van der Waals surface area contributed by atoms with Crippen LogP contribution >= 0.6 is 0 Å². The van der Waals surface area contributed by atoms with Crippen LogP contribution in [0.4, 0.5) is 0 Å². The molecule has 2 heterocycles. The van der Waals surface area contributed by atoms with Crippen molar-refractivity contribution in [1.82, 2.24) is 4.90 Å². The van der Waals surface area contributed by atoms with Crippen LogP contribution in [-0.2, 0) is 16.0 Å². The van der Waals surface area contributed by atoms with Crippen molar-refractivity contribution in [2.24, 2.45) is 0 Å². The summed E-state index contributed by atoms with van der Waals surface area (Å²) in [4.78, 5) is 37.5. The fraction of sp³-hybridized carbons (Fsp3) is 0.261. The third-order valence-corrected chi connectivity index (χ3v) is 5.08. The fourth-order valence-electron chi connectivity index (χ4n) is 3.82. The predicted octanol–water partition coefficient (Wildman–Crippen LogP) is 1.68. The number of carboxylic acids is 1. The van der Waals surface area contributed by atoms with Crippen molar-refractivity contribution in [3.8, 4) is 11.5 Å². The molecule has 0 saturated carbocycles. The number of hydrogen-bond acceptors (Lipinski definition) is 6. The van der Waals surface area contributed by atoms with Gasteiger partial charge in [-0.15, -0.1) is 0 Å². The van der Waals surface area contributed by atoms with Crippen LogP contribution in [0.5, 0.6) is 11.5 Å². The molecule has 0 aliphatic carbocycles. The Labute approximate surface area is 173 Å². The van der Waals surface area contributed by atoms with E-state index in [-0.39, 0.29) is 17.2 Å². The number of fused-ring (bicyclic) bond motifs is 2. The quantitative estimate of drug-likeness (QED) is 0.554. The van der Waals surface area contributed by atoms with Crippen molar-refractivity contribution in [2.45, 2.75) is 26.4 Å². The van der Waals surface area contributed by atoms with Crippen LogP contribution in [0.2, 0.25) is 0 Å². The van der Waals surface area contributed by atoms with Gasteiger partial charge >= 0.3 is 0 Å². The molecule has 0 saturated heterocycles. The van der Waals surface area contributed by atoms with Crippen molar-refractivity contribution in [3.05, 3.63) is 58.7 Å². The Morgan fingerprint density at radius 2 is 1.97 bits per heavy atom. The Morgan fingerprint density at radius 1 is 1.23 bits per heavy atom. The largest absolute Gasteiger partial charge is 0.548 e. The molecule has 7 nitrogen and oxygen atoms in total. The van der Waals surface area contributed by atoms with Gasteiger partial charge in [0.25, 0.3) is 11.8 Å². The van der Waals surface area contributed by atoms with Crippen LogP contribution in [0.15, 0.2) is 36.4 Å². The molecule has 7 heteroatoms. The zero-order valence-corrected chi connectivity index (χ0v) is 16.6. The summed E-state index contributed by atoms with van der Waals surface area (Å²) in [5.74, 6) is -1.55. The van der Waals surface area contributed by atoms with Gasteiger partial charge in [-0.2, -0.15) is 0 Å². The van der Waals surface area contributed by atoms with Crippen molar-refractivity contribution < 1.29 is 29.0 Å². The number of benzene rings is 2. The number of hydrogen-bond donors (Lipinski definition) is 0. The molecule has 2 aromatic carbocycles. The minimum Gasteiger partial charge on any atom is -0.548 e. The smallest absolute Gasteiger partial charge is 0.261 e. The van der Waals surface area contributed by atoms with Crippen molar-refractivity contribution in [3.63, 3.8) is 0 Å². The summed E-state index contributed by atoms with van der Waals surface area (Å²) in [6.07, 6.45) is 2.43. The highest BCUT2D eigenvalue weighted by Crippen LogP contribution is 2.38. The van der Waals surface area contributed by atoms with E-state index in [9.17, 15) is 19.5 Å². The maximum Gasteiger partial charge on any atom is 0.261 e. The van der Waals surface area contributed by atoms with Crippen LogP contribution < -0.4 is 14.6 Å². The average molecular weight is 406 g/mol. The normalized spacial score (nSPS) is 18.8. The summed E-state index contributed by atoms with van der Waals surface area (Å²) in [6.45, 7) is 3.46. The Bertz CT molecular complexity index is 1090. The van der Waals surface area contributed by atoms with Gasteiger partial charge in [0.15, 0.2) is 0 Å². The molecule has 2 amide bonds. The van der Waals surface area contributed by atoms with Gasteiger partial charge in [-0.1, -0.05) is 18.2 Å². The summed E-state index contributed by atoms with van der Waals surface area (Å²) in [5, 5.41) is 11.1. The molecule has 0 fully saturated rings. The molecule has 2 aliphatic rings. The summed E-state index contributed by atoms with van der Waals surface area (Å²) >= 11 is 0. The molecule has 154 valence electrons. The number of ether oxygens (including phenoxy) is 2. The SMILES string of the molecule is CCOc1cc2c(cc1/C=C1\C(=O)N(CC(=O)[O-])C(=O)c3ccccc31)O[C@@H](C)C2. The number of carboxylic acid groups (broad SMARTS) is 1. The van der Waals surface area contributed by atoms with E-state index in [1.807, 2.05) is 26.0 Å². The number of carbonyl (C=O) groups is 3. The number of aliphatic carboxylic acids is 1. The van der Waals surface area contributed by atoms with E-state index < -0.39 is 24.3 Å². The third kappa shape index (κ3) is 3.43. The first-order chi connectivity index (χ1) is 14.4.